The minimum Gasteiger partial charge on any atom is -1.00 e. The number of fused-ring (bicyclic) bond motifs is 6. The van der Waals surface area contributed by atoms with E-state index in [0.717, 1.165) is 6.42 Å². The van der Waals surface area contributed by atoms with Gasteiger partial charge in [0.25, 0.3) is 0 Å². The molecule has 4 aliphatic rings. The van der Waals surface area contributed by atoms with E-state index >= 15 is 0 Å². The van der Waals surface area contributed by atoms with Crippen molar-refractivity contribution in [2.45, 2.75) is 126 Å². The maximum Gasteiger partial charge on any atom is 4.00 e. The SMILES string of the molecule is C=C[Si](CCCC)CCCC.C[C-]1C2=C3Cc4ccccc4C3=C3C=CCCC3C2(C)C(C)(C)C(C)(C)C1(C)C.[Cl-].[Cl-].[Zr+4].c1cc[cH-]c1. The Kier molecular flexibility index (Phi) is 17.4. The summed E-state index contributed by atoms with van der Waals surface area (Å²) >= 11 is 0. The Morgan fingerprint density at radius 1 is 0.896 bits per heavy atom. The third-order valence-corrected chi connectivity index (χ3v) is 15.9. The second kappa shape index (κ2) is 18.5. The Hall–Kier alpha value is -0.920. The average molecular weight is 782 g/mol. The minimum absolute atomic E-state index is 0. The van der Waals surface area contributed by atoms with Gasteiger partial charge >= 0.3 is 26.2 Å². The molecule has 261 valence electrons. The van der Waals surface area contributed by atoms with Crippen molar-refractivity contribution in [1.29, 1.82) is 0 Å². The van der Waals surface area contributed by atoms with Crippen LogP contribution in [-0.2, 0) is 32.6 Å². The number of allylic oxidation sites excluding steroid dienone is 6. The zero-order valence-corrected chi connectivity index (χ0v) is 36.8. The van der Waals surface area contributed by atoms with Crippen molar-refractivity contribution in [2.24, 2.45) is 27.6 Å². The summed E-state index contributed by atoms with van der Waals surface area (Å²) < 4.78 is 0. The van der Waals surface area contributed by atoms with Crippen LogP contribution in [-0.4, -0.2) is 8.80 Å². The van der Waals surface area contributed by atoms with E-state index in [-0.39, 0.29) is 81.5 Å². The molecule has 0 N–H and O–H groups in total. The zero-order valence-electron chi connectivity index (χ0n) is 31.8. The number of hydrogen-bond donors (Lipinski definition) is 0. The molecule has 2 aromatic rings. The van der Waals surface area contributed by atoms with Gasteiger partial charge in [0, 0.05) is 0 Å². The molecular formula is C44H63Cl2SiZr. The van der Waals surface area contributed by atoms with E-state index in [1.54, 1.807) is 28.2 Å². The molecule has 0 nitrogen and oxygen atoms in total. The maximum atomic E-state index is 3.91. The number of unbranched alkanes of at least 4 members (excludes halogenated alkanes) is 2. The van der Waals surface area contributed by atoms with Crippen molar-refractivity contribution < 1.29 is 51.0 Å². The normalized spacial score (nSPS) is 23.3. The van der Waals surface area contributed by atoms with Crippen molar-refractivity contribution in [2.75, 3.05) is 0 Å². The third-order valence-electron chi connectivity index (χ3n) is 13.3. The molecular weight excluding hydrogens is 719 g/mol. The van der Waals surface area contributed by atoms with Crippen LogP contribution in [0.2, 0.25) is 12.1 Å². The summed E-state index contributed by atoms with van der Waals surface area (Å²) in [6.07, 6.45) is 14.0. The minimum atomic E-state index is -0.145. The fourth-order valence-corrected chi connectivity index (χ4v) is 11.3. The number of hydrogen-bond acceptors (Lipinski definition) is 0. The second-order valence-electron chi connectivity index (χ2n) is 15.8. The van der Waals surface area contributed by atoms with Crippen molar-refractivity contribution in [1.82, 2.24) is 0 Å². The van der Waals surface area contributed by atoms with E-state index in [1.165, 1.54) is 61.7 Å². The maximum absolute atomic E-state index is 3.91. The fourth-order valence-electron chi connectivity index (χ4n) is 9.03. The van der Waals surface area contributed by atoms with Crippen LogP contribution in [0.4, 0.5) is 0 Å². The fraction of sp³-hybridized carbons (Fsp3) is 0.545. The summed E-state index contributed by atoms with van der Waals surface area (Å²) in [5.41, 5.74) is 12.5. The Morgan fingerprint density at radius 3 is 2.00 bits per heavy atom. The molecule has 0 aliphatic heterocycles. The van der Waals surface area contributed by atoms with Gasteiger partial charge in [0.05, 0.1) is 8.80 Å². The molecule has 4 aliphatic carbocycles. The number of halogens is 2. The van der Waals surface area contributed by atoms with Gasteiger partial charge in [0.2, 0.25) is 0 Å². The summed E-state index contributed by atoms with van der Waals surface area (Å²) in [4.78, 5) is 0. The van der Waals surface area contributed by atoms with Gasteiger partial charge in [-0.2, -0.15) is 29.3 Å². The predicted octanol–water partition coefficient (Wildman–Crippen LogP) is 7.18. The van der Waals surface area contributed by atoms with Crippen molar-refractivity contribution in [3.63, 3.8) is 0 Å². The van der Waals surface area contributed by atoms with E-state index in [9.17, 15) is 0 Å². The van der Waals surface area contributed by atoms with Crippen molar-refractivity contribution in [3.05, 3.63) is 113 Å². The Balaban J connectivity index is 0.000000510. The van der Waals surface area contributed by atoms with Gasteiger partial charge in [-0.3, -0.25) is 0 Å². The monoisotopic (exact) mass is 779 g/mol. The van der Waals surface area contributed by atoms with E-state index < -0.39 is 0 Å². The van der Waals surface area contributed by atoms with Crippen LogP contribution in [0.5, 0.6) is 0 Å². The molecule has 2 unspecified atom stereocenters. The molecule has 0 heterocycles. The van der Waals surface area contributed by atoms with Crippen molar-refractivity contribution >= 4 is 14.4 Å². The first-order valence-corrected chi connectivity index (χ1v) is 20.0. The summed E-state index contributed by atoms with van der Waals surface area (Å²) in [5, 5.41) is 0. The topological polar surface area (TPSA) is 0 Å². The summed E-state index contributed by atoms with van der Waals surface area (Å²) in [6.45, 7) is 28.7. The van der Waals surface area contributed by atoms with Gasteiger partial charge in [-0.15, -0.1) is 19.2 Å². The van der Waals surface area contributed by atoms with Gasteiger partial charge in [-0.25, -0.2) is 18.1 Å². The van der Waals surface area contributed by atoms with Crippen LogP contribution in [0.25, 0.3) is 5.57 Å². The molecule has 1 saturated carbocycles. The van der Waals surface area contributed by atoms with Gasteiger partial charge in [0.15, 0.2) is 0 Å². The molecule has 1 radical (unpaired) electrons. The molecule has 1 fully saturated rings. The van der Waals surface area contributed by atoms with Crippen molar-refractivity contribution in [3.8, 4) is 0 Å². The van der Waals surface area contributed by atoms with Crippen LogP contribution >= 0.6 is 0 Å². The summed E-state index contributed by atoms with van der Waals surface area (Å²) in [5.74, 6) is 2.24. The smallest absolute Gasteiger partial charge is 1.00 e. The summed E-state index contributed by atoms with van der Waals surface area (Å²) in [6, 6.07) is 22.1. The van der Waals surface area contributed by atoms with E-state index in [1.807, 2.05) is 30.3 Å². The Labute approximate surface area is 329 Å². The molecule has 48 heavy (non-hydrogen) atoms. The molecule has 0 aromatic heterocycles. The van der Waals surface area contributed by atoms with Gasteiger partial charge < -0.3 is 24.8 Å². The Morgan fingerprint density at radius 2 is 1.48 bits per heavy atom. The molecule has 0 bridgehead atoms. The molecule has 0 spiro atoms. The van der Waals surface area contributed by atoms with Crippen LogP contribution < -0.4 is 24.8 Å². The molecule has 6 rings (SSSR count). The van der Waals surface area contributed by atoms with E-state index in [4.69, 9.17) is 0 Å². The second-order valence-corrected chi connectivity index (χ2v) is 18.5. The van der Waals surface area contributed by atoms with Crippen LogP contribution in [0.3, 0.4) is 0 Å². The van der Waals surface area contributed by atoms with Crippen LogP contribution in [0.15, 0.2) is 95.7 Å². The average Bonchev–Trinajstić information content (AvgIpc) is 3.73. The molecule has 2 atom stereocenters. The van der Waals surface area contributed by atoms with Gasteiger partial charge in [-0.05, 0) is 40.6 Å². The van der Waals surface area contributed by atoms with Crippen LogP contribution in [0, 0.1) is 33.5 Å². The van der Waals surface area contributed by atoms with E-state index in [0.29, 0.717) is 5.92 Å². The quantitative estimate of drug-likeness (QED) is 0.207. The molecule has 0 amide bonds. The first kappa shape index (κ1) is 45.1. The summed E-state index contributed by atoms with van der Waals surface area (Å²) in [7, 11) is -0.145. The molecule has 2 aromatic carbocycles. The van der Waals surface area contributed by atoms with Crippen LogP contribution in [0.1, 0.15) is 119 Å². The molecule has 4 heteroatoms. The van der Waals surface area contributed by atoms with Gasteiger partial charge in [0.1, 0.15) is 0 Å². The van der Waals surface area contributed by atoms with Gasteiger partial charge in [-0.1, -0.05) is 165 Å². The predicted molar refractivity (Wildman–Crippen MR) is 202 cm³/mol. The Bertz CT molecular complexity index is 1370. The standard InChI is InChI=1S/C29H37.C10H21Si.C5H5.2ClH.Zr/c1-18-25-22-17-19-13-9-10-14-20(19)24(22)21-15-11-12-16-23(21)29(25,8)28(6,7)27(4,5)26(18,2)3;1-4-7-9-11(6-3)10-8-5-2;1-2-4-5-3-1;;;/h9-11,13-15,23H,12,16-17H2,1-8H3;6H,3-5,7-10H2,1-2H3;1-5H;2*1H;/q-1;;-1;;;+4/p-2. The first-order valence-electron chi connectivity index (χ1n) is 18.0. The third kappa shape index (κ3) is 7.93. The zero-order chi connectivity index (χ0) is 33.0. The molecule has 0 saturated heterocycles. The number of rotatable bonds is 7. The largest absolute Gasteiger partial charge is 4.00 e. The van der Waals surface area contributed by atoms with E-state index in [2.05, 4.69) is 118 Å². The number of benzene rings is 1. The first-order chi connectivity index (χ1) is 21.3.